The maximum Gasteiger partial charge on any atom is 0.410 e. The lowest BCUT2D eigenvalue weighted by Crippen LogP contribution is -2.38. The van der Waals surface area contributed by atoms with Gasteiger partial charge in [0, 0.05) is 38.0 Å². The third-order valence-electron chi connectivity index (χ3n) is 6.95. The van der Waals surface area contributed by atoms with Gasteiger partial charge in [-0.05, 0) is 87.8 Å². The van der Waals surface area contributed by atoms with Gasteiger partial charge in [0.1, 0.15) is 11.4 Å². The number of aryl methyl sites for hydroxylation is 1. The van der Waals surface area contributed by atoms with Gasteiger partial charge in [-0.25, -0.2) is 4.79 Å². The van der Waals surface area contributed by atoms with Gasteiger partial charge < -0.3 is 19.3 Å². The number of methoxy groups -OCH3 is 1. The summed E-state index contributed by atoms with van der Waals surface area (Å²) < 4.78 is 11.1. The SMILES string of the molecule is COc1ccccc1CCN(CCCCC(=O)c1cc2c3c(c1)CCN3C(=O)CC2)C(=O)OC(C)(C)C. The van der Waals surface area contributed by atoms with Crippen LogP contribution < -0.4 is 9.64 Å². The minimum atomic E-state index is -0.580. The van der Waals surface area contributed by atoms with Gasteiger partial charge in [0.25, 0.3) is 0 Å². The van der Waals surface area contributed by atoms with Crippen LogP contribution >= 0.6 is 0 Å². The summed E-state index contributed by atoms with van der Waals surface area (Å²) in [4.78, 5) is 41.7. The summed E-state index contributed by atoms with van der Waals surface area (Å²) >= 11 is 0. The van der Waals surface area contributed by atoms with Gasteiger partial charge in [0.15, 0.2) is 5.78 Å². The molecule has 2 aromatic rings. The van der Waals surface area contributed by atoms with Gasteiger partial charge in [-0.2, -0.15) is 0 Å². The topological polar surface area (TPSA) is 76.2 Å². The summed E-state index contributed by atoms with van der Waals surface area (Å²) in [6, 6.07) is 11.8. The Morgan fingerprint density at radius 1 is 1.00 bits per heavy atom. The van der Waals surface area contributed by atoms with Crippen LogP contribution in [0.3, 0.4) is 0 Å². The summed E-state index contributed by atoms with van der Waals surface area (Å²) in [5.74, 6) is 1.11. The Labute approximate surface area is 219 Å². The minimum absolute atomic E-state index is 0.118. The van der Waals surface area contributed by atoms with E-state index in [2.05, 4.69) is 0 Å². The highest BCUT2D eigenvalue weighted by Crippen LogP contribution is 2.37. The first kappa shape index (κ1) is 26.7. The summed E-state index contributed by atoms with van der Waals surface area (Å²) in [5.41, 5.74) is 4.46. The number of unbranched alkanes of at least 4 members (excludes halogenated alkanes) is 1. The van der Waals surface area contributed by atoms with Crippen LogP contribution in [0.5, 0.6) is 5.75 Å². The Morgan fingerprint density at radius 2 is 1.73 bits per heavy atom. The summed E-state index contributed by atoms with van der Waals surface area (Å²) in [6.07, 6.45) is 4.16. The van der Waals surface area contributed by atoms with E-state index in [1.54, 1.807) is 12.0 Å². The summed E-state index contributed by atoms with van der Waals surface area (Å²) in [6.45, 7) is 7.33. The van der Waals surface area contributed by atoms with Crippen molar-refractivity contribution in [3.63, 3.8) is 0 Å². The highest BCUT2D eigenvalue weighted by Gasteiger charge is 2.32. The first-order chi connectivity index (χ1) is 17.7. The number of carbonyl (C=O) groups excluding carboxylic acids is 3. The molecule has 2 aliphatic heterocycles. The van der Waals surface area contributed by atoms with Crippen LogP contribution in [-0.4, -0.2) is 55.0 Å². The number of anilines is 1. The molecule has 0 N–H and O–H groups in total. The number of rotatable bonds is 10. The lowest BCUT2D eigenvalue weighted by molar-refractivity contribution is -0.118. The molecule has 0 saturated carbocycles. The number of Topliss-reactive ketones (excluding diaryl/α,β-unsaturated/α-hetero) is 1. The van der Waals surface area contributed by atoms with Crippen LogP contribution in [0.2, 0.25) is 0 Å². The molecule has 2 amide bonds. The molecule has 4 rings (SSSR count). The Hall–Kier alpha value is -3.35. The molecule has 0 spiro atoms. The Bertz CT molecular complexity index is 1170. The number of hydrogen-bond acceptors (Lipinski definition) is 5. The third kappa shape index (κ3) is 6.51. The molecule has 2 heterocycles. The molecule has 37 heavy (non-hydrogen) atoms. The average molecular weight is 507 g/mol. The number of carbonyl (C=O) groups is 3. The van der Waals surface area contributed by atoms with E-state index >= 15 is 0 Å². The zero-order valence-electron chi connectivity index (χ0n) is 22.5. The first-order valence-corrected chi connectivity index (χ1v) is 13.3. The zero-order valence-corrected chi connectivity index (χ0v) is 22.5. The van der Waals surface area contributed by atoms with Crippen LogP contribution in [0.1, 0.15) is 73.5 Å². The van der Waals surface area contributed by atoms with E-state index in [-0.39, 0.29) is 17.8 Å². The van der Waals surface area contributed by atoms with Crippen molar-refractivity contribution in [2.24, 2.45) is 0 Å². The standard InChI is InChI=1S/C30H38N2O5/c1-30(2,3)37-29(35)31(17-14-21-9-5-6-11-26(21)36-4)16-8-7-10-25(33)24-19-22-12-13-27(34)32-18-15-23(20-24)28(22)32/h5-6,9,11,19-20H,7-8,10,12-18H2,1-4H3. The van der Waals surface area contributed by atoms with E-state index in [0.717, 1.165) is 40.1 Å². The van der Waals surface area contributed by atoms with Crippen molar-refractivity contribution in [1.82, 2.24) is 4.90 Å². The van der Waals surface area contributed by atoms with Crippen LogP contribution in [0.15, 0.2) is 36.4 Å². The highest BCUT2D eigenvalue weighted by atomic mass is 16.6. The van der Waals surface area contributed by atoms with Crippen LogP contribution in [-0.2, 0) is 28.8 Å². The molecule has 0 saturated heterocycles. The molecule has 0 atom stereocenters. The predicted octanol–water partition coefficient (Wildman–Crippen LogP) is 5.36. The average Bonchev–Trinajstić information content (AvgIpc) is 3.30. The Morgan fingerprint density at radius 3 is 2.46 bits per heavy atom. The Balaban J connectivity index is 1.34. The number of nitrogens with zero attached hydrogens (tertiary/aromatic N) is 2. The molecule has 0 radical (unpaired) electrons. The van der Waals surface area contributed by atoms with E-state index < -0.39 is 5.60 Å². The van der Waals surface area contributed by atoms with Crippen LogP contribution in [0, 0.1) is 0 Å². The van der Waals surface area contributed by atoms with Crippen molar-refractivity contribution in [2.45, 2.75) is 71.3 Å². The second-order valence-corrected chi connectivity index (χ2v) is 10.8. The number of benzene rings is 2. The molecule has 2 aliphatic rings. The molecule has 7 heteroatoms. The van der Waals surface area contributed by atoms with E-state index in [4.69, 9.17) is 9.47 Å². The number of para-hydroxylation sites is 1. The van der Waals surface area contributed by atoms with Crippen LogP contribution in [0.4, 0.5) is 10.5 Å². The molecule has 198 valence electrons. The van der Waals surface area contributed by atoms with Gasteiger partial charge in [0.05, 0.1) is 12.8 Å². The van der Waals surface area contributed by atoms with Crippen molar-refractivity contribution in [3.8, 4) is 5.75 Å². The largest absolute Gasteiger partial charge is 0.496 e. The second kappa shape index (κ2) is 11.4. The van der Waals surface area contributed by atoms with Gasteiger partial charge in [-0.1, -0.05) is 18.2 Å². The molecule has 0 bridgehead atoms. The second-order valence-electron chi connectivity index (χ2n) is 10.8. The number of ketones is 1. The molecule has 7 nitrogen and oxygen atoms in total. The zero-order chi connectivity index (χ0) is 26.6. The van der Waals surface area contributed by atoms with Gasteiger partial charge >= 0.3 is 6.09 Å². The molecule has 0 aliphatic carbocycles. The molecule has 0 fully saturated rings. The Kier molecular flexibility index (Phi) is 8.20. The van der Waals surface area contributed by atoms with Crippen LogP contribution in [0.25, 0.3) is 0 Å². The van der Waals surface area contributed by atoms with Crippen molar-refractivity contribution in [1.29, 1.82) is 0 Å². The fourth-order valence-corrected chi connectivity index (χ4v) is 5.14. The van der Waals surface area contributed by atoms with Gasteiger partial charge in [-0.3, -0.25) is 9.59 Å². The summed E-state index contributed by atoms with van der Waals surface area (Å²) in [5, 5.41) is 0. The maximum absolute atomic E-state index is 13.0. The fraction of sp³-hybridized carbons (Fsp3) is 0.500. The lowest BCUT2D eigenvalue weighted by atomic mass is 9.94. The van der Waals surface area contributed by atoms with Crippen molar-refractivity contribution >= 4 is 23.5 Å². The lowest BCUT2D eigenvalue weighted by Gasteiger charge is -2.27. The maximum atomic E-state index is 13.0. The van der Waals surface area contributed by atoms with E-state index in [0.29, 0.717) is 58.2 Å². The minimum Gasteiger partial charge on any atom is -0.496 e. The van der Waals surface area contributed by atoms with Gasteiger partial charge in [-0.15, -0.1) is 0 Å². The predicted molar refractivity (Wildman–Crippen MR) is 144 cm³/mol. The van der Waals surface area contributed by atoms with Crippen molar-refractivity contribution < 1.29 is 23.9 Å². The first-order valence-electron chi connectivity index (χ1n) is 13.3. The fourth-order valence-electron chi connectivity index (χ4n) is 5.14. The summed E-state index contributed by atoms with van der Waals surface area (Å²) in [7, 11) is 1.65. The highest BCUT2D eigenvalue weighted by molar-refractivity contribution is 6.02. The van der Waals surface area contributed by atoms with Crippen molar-refractivity contribution in [3.05, 3.63) is 58.7 Å². The number of amides is 2. The van der Waals surface area contributed by atoms with E-state index in [1.165, 1.54) is 0 Å². The van der Waals surface area contributed by atoms with E-state index in [1.807, 2.05) is 62.1 Å². The monoisotopic (exact) mass is 506 g/mol. The quantitative estimate of drug-likeness (QED) is 0.320. The number of hydrogen-bond donors (Lipinski definition) is 0. The molecule has 2 aromatic carbocycles. The van der Waals surface area contributed by atoms with Crippen molar-refractivity contribution in [2.75, 3.05) is 31.6 Å². The van der Waals surface area contributed by atoms with Gasteiger partial charge in [0.2, 0.25) is 5.91 Å². The number of ether oxygens (including phenoxy) is 2. The molecular formula is C30H38N2O5. The van der Waals surface area contributed by atoms with E-state index in [9.17, 15) is 14.4 Å². The molecule has 0 aromatic heterocycles. The third-order valence-corrected chi connectivity index (χ3v) is 6.95. The normalized spacial score (nSPS) is 14.4. The molecule has 0 unspecified atom stereocenters. The smallest absolute Gasteiger partial charge is 0.410 e. The molecular weight excluding hydrogens is 468 g/mol.